The summed E-state index contributed by atoms with van der Waals surface area (Å²) in [6.07, 6.45) is 31.2. The predicted molar refractivity (Wildman–Crippen MR) is 239 cm³/mol. The fourth-order valence-corrected chi connectivity index (χ4v) is 8.10. The summed E-state index contributed by atoms with van der Waals surface area (Å²) in [6, 6.07) is -1.23. The molecule has 0 spiro atoms. The van der Waals surface area contributed by atoms with E-state index < -0.39 is 55.5 Å². The number of hydrogen-bond acceptors (Lipinski definition) is 7. The second kappa shape index (κ2) is 38.5. The number of unbranched alkanes of at least 4 members (excludes halogenated alkanes) is 26. The molecule has 8 nitrogen and oxygen atoms in total. The maximum Gasteiger partial charge on any atom is 0.324 e. The van der Waals surface area contributed by atoms with E-state index in [9.17, 15) is 15.0 Å². The van der Waals surface area contributed by atoms with Crippen molar-refractivity contribution in [2.75, 3.05) is 26.4 Å². The van der Waals surface area contributed by atoms with Gasteiger partial charge < -0.3 is 34.5 Å². The lowest BCUT2D eigenvalue weighted by Gasteiger charge is -2.44. The molecular formula is C49H93F2NO7. The van der Waals surface area contributed by atoms with Crippen LogP contribution in [0.3, 0.4) is 0 Å². The zero-order valence-electron chi connectivity index (χ0n) is 38.4. The molecule has 6 atom stereocenters. The highest BCUT2D eigenvalue weighted by atomic mass is 19.3. The zero-order chi connectivity index (χ0) is 43.2. The maximum absolute atomic E-state index is 15.3. The summed E-state index contributed by atoms with van der Waals surface area (Å²) < 4.78 is 54.9. The van der Waals surface area contributed by atoms with Gasteiger partial charge >= 0.3 is 5.92 Å². The summed E-state index contributed by atoms with van der Waals surface area (Å²) in [5.41, 5.74) is 0. The Morgan fingerprint density at radius 2 is 1.14 bits per heavy atom. The first-order valence-corrected chi connectivity index (χ1v) is 24.8. The Hall–Kier alpha value is -1.17. The van der Waals surface area contributed by atoms with Gasteiger partial charge in [-0.15, -0.1) is 6.58 Å². The predicted octanol–water partition coefficient (Wildman–Crippen LogP) is 12.7. The molecule has 0 aromatic rings. The average molecular weight is 846 g/mol. The second-order valence-corrected chi connectivity index (χ2v) is 17.4. The quantitative estimate of drug-likeness (QED) is 0.0414. The number of rotatable bonds is 43. The van der Waals surface area contributed by atoms with Gasteiger partial charge in [-0.3, -0.25) is 4.79 Å². The molecule has 350 valence electrons. The number of hydrogen-bond donors (Lipinski definition) is 3. The molecular weight excluding hydrogens is 753 g/mol. The lowest BCUT2D eigenvalue weighted by atomic mass is 9.95. The summed E-state index contributed by atoms with van der Waals surface area (Å²) in [6.45, 7) is 10.7. The molecule has 0 radical (unpaired) electrons. The molecule has 0 aromatic carbocycles. The summed E-state index contributed by atoms with van der Waals surface area (Å²) in [4.78, 5) is 13.2. The largest absolute Gasteiger partial charge is 0.394 e. The minimum atomic E-state index is -3.62. The minimum absolute atomic E-state index is 0.0145. The van der Waals surface area contributed by atoms with Crippen LogP contribution in [0.25, 0.3) is 0 Å². The Bertz CT molecular complexity index is 959. The van der Waals surface area contributed by atoms with Crippen molar-refractivity contribution >= 4 is 5.91 Å². The number of ether oxygens (including phenoxy) is 4. The molecule has 1 saturated heterocycles. The molecule has 1 aliphatic heterocycles. The third-order valence-corrected chi connectivity index (χ3v) is 11.9. The fourth-order valence-electron chi connectivity index (χ4n) is 8.10. The van der Waals surface area contributed by atoms with Gasteiger partial charge in [-0.05, 0) is 25.7 Å². The van der Waals surface area contributed by atoms with Crippen LogP contribution >= 0.6 is 0 Å². The summed E-state index contributed by atoms with van der Waals surface area (Å²) in [5.74, 6) is -5.06. The number of carbonyl (C=O) groups excluding carboxylic acids is 1. The van der Waals surface area contributed by atoms with Gasteiger partial charge in [-0.2, -0.15) is 8.78 Å². The summed E-state index contributed by atoms with van der Waals surface area (Å²) in [5, 5.41) is 23.8. The van der Waals surface area contributed by atoms with E-state index in [1.807, 2.05) is 0 Å². The third-order valence-electron chi connectivity index (χ3n) is 11.9. The summed E-state index contributed by atoms with van der Waals surface area (Å²) in [7, 11) is 0. The van der Waals surface area contributed by atoms with Gasteiger partial charge in [-0.1, -0.05) is 200 Å². The second-order valence-electron chi connectivity index (χ2n) is 17.4. The first kappa shape index (κ1) is 55.8. The van der Waals surface area contributed by atoms with Crippen LogP contribution in [-0.4, -0.2) is 85.2 Å². The van der Waals surface area contributed by atoms with Crippen molar-refractivity contribution in [3.63, 3.8) is 0 Å². The Morgan fingerprint density at radius 1 is 0.678 bits per heavy atom. The number of nitrogens with one attached hydrogen (secondary N) is 1. The first-order valence-electron chi connectivity index (χ1n) is 24.8. The van der Waals surface area contributed by atoms with Crippen LogP contribution in [0.1, 0.15) is 226 Å². The van der Waals surface area contributed by atoms with Crippen LogP contribution in [-0.2, 0) is 23.7 Å². The van der Waals surface area contributed by atoms with Gasteiger partial charge in [0.05, 0.1) is 19.3 Å². The van der Waals surface area contributed by atoms with Crippen LogP contribution in [0.4, 0.5) is 8.78 Å². The monoisotopic (exact) mass is 846 g/mol. The van der Waals surface area contributed by atoms with Gasteiger partial charge in [0.2, 0.25) is 0 Å². The van der Waals surface area contributed by atoms with Crippen molar-refractivity contribution in [2.45, 2.75) is 269 Å². The number of halogens is 2. The van der Waals surface area contributed by atoms with E-state index in [0.29, 0.717) is 19.4 Å². The number of aliphatic hydroxyl groups excluding tert-OH is 2. The number of amides is 1. The fraction of sp³-hybridized carbons (Fsp3) is 0.939. The third kappa shape index (κ3) is 28.2. The van der Waals surface area contributed by atoms with Crippen molar-refractivity contribution in [1.29, 1.82) is 0 Å². The van der Waals surface area contributed by atoms with Gasteiger partial charge in [0.1, 0.15) is 24.4 Å². The summed E-state index contributed by atoms with van der Waals surface area (Å²) >= 11 is 0. The van der Waals surface area contributed by atoms with Crippen molar-refractivity contribution in [3.05, 3.63) is 12.7 Å². The van der Waals surface area contributed by atoms with Gasteiger partial charge in [0.15, 0.2) is 6.29 Å². The van der Waals surface area contributed by atoms with Crippen LogP contribution in [0, 0.1) is 0 Å². The van der Waals surface area contributed by atoms with Crippen molar-refractivity contribution in [3.8, 4) is 0 Å². The van der Waals surface area contributed by atoms with Crippen molar-refractivity contribution < 1.29 is 42.7 Å². The maximum atomic E-state index is 15.3. The Kier molecular flexibility index (Phi) is 36.4. The Labute approximate surface area is 361 Å². The minimum Gasteiger partial charge on any atom is -0.394 e. The van der Waals surface area contributed by atoms with E-state index in [-0.39, 0.29) is 25.7 Å². The van der Waals surface area contributed by atoms with Crippen molar-refractivity contribution in [2.24, 2.45) is 0 Å². The van der Waals surface area contributed by atoms with Crippen molar-refractivity contribution in [1.82, 2.24) is 5.32 Å². The molecule has 1 rings (SSSR count). The number of carbonyl (C=O) groups is 1. The average Bonchev–Trinajstić information content (AvgIpc) is 3.23. The number of alkyl halides is 2. The van der Waals surface area contributed by atoms with E-state index in [1.165, 1.54) is 134 Å². The van der Waals surface area contributed by atoms with Crippen LogP contribution < -0.4 is 5.32 Å². The Morgan fingerprint density at radius 3 is 1.61 bits per heavy atom. The molecule has 0 bridgehead atoms. The van der Waals surface area contributed by atoms with Crippen LogP contribution in [0.15, 0.2) is 12.7 Å². The van der Waals surface area contributed by atoms with E-state index in [4.69, 9.17) is 18.9 Å². The molecule has 59 heavy (non-hydrogen) atoms. The smallest absolute Gasteiger partial charge is 0.324 e. The zero-order valence-corrected chi connectivity index (χ0v) is 38.4. The lowest BCUT2D eigenvalue weighted by molar-refractivity contribution is -0.275. The highest BCUT2D eigenvalue weighted by Gasteiger charge is 2.49. The highest BCUT2D eigenvalue weighted by molar-refractivity contribution is 5.83. The Balaban J connectivity index is 2.82. The topological polar surface area (TPSA) is 106 Å². The van der Waals surface area contributed by atoms with Gasteiger partial charge in [0, 0.05) is 19.6 Å². The SMILES string of the molecule is C=CCO[C@H]1O[C@H](CO)[C@@H](O)[C@H](OCC[C@@H](CCCCCCCCCCC)OCCCCCCCCCCCC)[C@H]1NC(=O)C(F)(F)CCCCCCCCCCCC. The molecule has 0 saturated carbocycles. The lowest BCUT2D eigenvalue weighted by Crippen LogP contribution is -2.66. The molecule has 1 aliphatic rings. The first-order chi connectivity index (χ1) is 28.7. The van der Waals surface area contributed by atoms with Gasteiger partial charge in [0.25, 0.3) is 5.91 Å². The molecule has 0 aliphatic carbocycles. The standard InChI is InChI=1S/C49H93F2NO7/c1-5-9-12-15-18-21-24-27-30-33-37-49(50,51)48(55)52-44-46(45(54)43(41-53)59-47(44)58-38-8-4)57-40-36-42(35-32-29-26-23-20-17-14-11-7-3)56-39-34-31-28-25-22-19-16-13-10-6-2/h8,42-47,53-54H,4-7,9-41H2,1-3H3,(H,52,55)/t42-,43-,44-,45-,46-,47+/m1/s1. The molecule has 1 fully saturated rings. The van der Waals surface area contributed by atoms with Crippen LogP contribution in [0.5, 0.6) is 0 Å². The van der Waals surface area contributed by atoms with Gasteiger partial charge in [-0.25, -0.2) is 0 Å². The van der Waals surface area contributed by atoms with E-state index in [1.54, 1.807) is 0 Å². The highest BCUT2D eigenvalue weighted by Crippen LogP contribution is 2.29. The molecule has 0 aromatic heterocycles. The molecule has 0 unspecified atom stereocenters. The normalized spacial score (nSPS) is 20.2. The van der Waals surface area contributed by atoms with Crippen LogP contribution in [0.2, 0.25) is 0 Å². The molecule has 3 N–H and O–H groups in total. The molecule has 1 amide bonds. The van der Waals surface area contributed by atoms with E-state index >= 15 is 8.78 Å². The van der Waals surface area contributed by atoms with E-state index in [2.05, 4.69) is 32.7 Å². The van der Waals surface area contributed by atoms with E-state index in [0.717, 1.165) is 51.4 Å². The number of aliphatic hydroxyl groups is 2. The molecule has 1 heterocycles. The molecule has 10 heteroatoms.